The quantitative estimate of drug-likeness (QED) is 0.452. The molecule has 0 saturated carbocycles. The van der Waals surface area contributed by atoms with Gasteiger partial charge in [0, 0.05) is 30.1 Å². The van der Waals surface area contributed by atoms with E-state index in [1.807, 2.05) is 24.3 Å². The van der Waals surface area contributed by atoms with Crippen LogP contribution in [0.1, 0.15) is 10.4 Å². The molecule has 0 aliphatic rings. The van der Waals surface area contributed by atoms with Crippen molar-refractivity contribution in [3.05, 3.63) is 54.4 Å². The molecule has 1 N–H and O–H groups in total. The molecule has 4 aromatic rings. The van der Waals surface area contributed by atoms with Gasteiger partial charge in [0.05, 0.1) is 24.6 Å². The van der Waals surface area contributed by atoms with E-state index in [9.17, 15) is 9.59 Å². The smallest absolute Gasteiger partial charge is 0.296 e. The van der Waals surface area contributed by atoms with Crippen molar-refractivity contribution in [1.82, 2.24) is 9.78 Å². The van der Waals surface area contributed by atoms with Crippen molar-refractivity contribution in [2.45, 2.75) is 0 Å². The minimum absolute atomic E-state index is 0.216. The summed E-state index contributed by atoms with van der Waals surface area (Å²) in [5.41, 5.74) is 1.91. The molecule has 2 aromatic heterocycles. The third kappa shape index (κ3) is 2.59. The van der Waals surface area contributed by atoms with Gasteiger partial charge in [-0.05, 0) is 12.1 Å². The van der Waals surface area contributed by atoms with Crippen molar-refractivity contribution in [3.8, 4) is 5.75 Å². The number of hydrogen-bond donors (Lipinski definition) is 1. The van der Waals surface area contributed by atoms with Crippen LogP contribution in [0.3, 0.4) is 0 Å². The topological polar surface area (TPSA) is 86.4 Å². The highest BCUT2D eigenvalue weighted by Gasteiger charge is 2.20. The van der Waals surface area contributed by atoms with Crippen LogP contribution in [0.25, 0.3) is 21.9 Å². The highest BCUT2D eigenvalue weighted by Crippen LogP contribution is 2.36. The number of rotatable bonds is 4. The molecule has 4 rings (SSSR count). The van der Waals surface area contributed by atoms with Gasteiger partial charge >= 0.3 is 0 Å². The van der Waals surface area contributed by atoms with E-state index in [0.29, 0.717) is 17.0 Å². The summed E-state index contributed by atoms with van der Waals surface area (Å²) >= 11 is 0. The van der Waals surface area contributed by atoms with Gasteiger partial charge in [0.15, 0.2) is 0 Å². The molecule has 0 aliphatic heterocycles. The molecule has 1 amide bonds. The van der Waals surface area contributed by atoms with E-state index in [-0.39, 0.29) is 5.56 Å². The number of ether oxygens (including phenoxy) is 1. The average molecular weight is 349 g/mol. The second kappa shape index (κ2) is 6.03. The molecule has 0 bridgehead atoms. The number of nitrogens with one attached hydrogen (secondary N) is 1. The summed E-state index contributed by atoms with van der Waals surface area (Å²) in [6.07, 6.45) is 2.84. The van der Waals surface area contributed by atoms with E-state index < -0.39 is 11.7 Å². The zero-order valence-electron chi connectivity index (χ0n) is 14.1. The number of nitrogens with zero attached hydrogens (tertiary/aromatic N) is 2. The normalized spacial score (nSPS) is 11.0. The molecule has 2 heterocycles. The Kier molecular flexibility index (Phi) is 3.69. The van der Waals surface area contributed by atoms with Gasteiger partial charge in [-0.3, -0.25) is 14.3 Å². The Morgan fingerprint density at radius 1 is 1.15 bits per heavy atom. The number of carbonyl (C=O) groups excluding carboxylic acids is 2. The predicted molar refractivity (Wildman–Crippen MR) is 96.4 cm³/mol. The summed E-state index contributed by atoms with van der Waals surface area (Å²) in [6, 6.07) is 11.1. The minimum atomic E-state index is -0.772. The summed E-state index contributed by atoms with van der Waals surface area (Å²) in [4.78, 5) is 24.6. The Hall–Kier alpha value is -3.61. The maximum absolute atomic E-state index is 12.3. The first kappa shape index (κ1) is 15.9. The van der Waals surface area contributed by atoms with Gasteiger partial charge in [0.1, 0.15) is 16.9 Å². The van der Waals surface area contributed by atoms with Crippen molar-refractivity contribution in [2.24, 2.45) is 7.05 Å². The lowest BCUT2D eigenvalue weighted by molar-refractivity contribution is -0.112. The fourth-order valence-electron chi connectivity index (χ4n) is 2.87. The van der Waals surface area contributed by atoms with Crippen molar-refractivity contribution < 1.29 is 18.7 Å². The molecule has 2 aromatic carbocycles. The largest absolute Gasteiger partial charge is 0.495 e. The lowest BCUT2D eigenvalue weighted by Gasteiger charge is -2.09. The van der Waals surface area contributed by atoms with E-state index in [4.69, 9.17) is 9.15 Å². The number of hydrogen-bond acceptors (Lipinski definition) is 5. The summed E-state index contributed by atoms with van der Waals surface area (Å²) < 4.78 is 12.7. The van der Waals surface area contributed by atoms with Crippen LogP contribution in [0.2, 0.25) is 0 Å². The molecular weight excluding hydrogens is 334 g/mol. The fourth-order valence-corrected chi connectivity index (χ4v) is 2.87. The van der Waals surface area contributed by atoms with E-state index >= 15 is 0 Å². The van der Waals surface area contributed by atoms with Gasteiger partial charge in [-0.2, -0.15) is 5.10 Å². The number of ketones is 1. The van der Waals surface area contributed by atoms with Gasteiger partial charge in [-0.25, -0.2) is 0 Å². The molecule has 7 heteroatoms. The minimum Gasteiger partial charge on any atom is -0.495 e. The number of benzene rings is 2. The number of carbonyl (C=O) groups is 2. The van der Waals surface area contributed by atoms with Crippen LogP contribution in [0.5, 0.6) is 5.75 Å². The third-order valence-corrected chi connectivity index (χ3v) is 4.12. The second-order valence-electron chi connectivity index (χ2n) is 5.83. The maximum atomic E-state index is 12.3. The molecule has 0 radical (unpaired) electrons. The fraction of sp³-hybridized carbons (Fsp3) is 0.105. The zero-order chi connectivity index (χ0) is 18.3. The van der Waals surface area contributed by atoms with Crippen molar-refractivity contribution in [2.75, 3.05) is 12.4 Å². The van der Waals surface area contributed by atoms with Crippen LogP contribution in [0, 0.1) is 0 Å². The summed E-state index contributed by atoms with van der Waals surface area (Å²) in [5, 5.41) is 8.32. The van der Waals surface area contributed by atoms with Gasteiger partial charge in [0.25, 0.3) is 11.7 Å². The SMILES string of the molecule is COc1cc2c(cc1NC(=O)C(=O)c1cnn(C)c1)oc1ccccc12. The Labute approximate surface area is 148 Å². The number of amides is 1. The number of para-hydroxylation sites is 1. The summed E-state index contributed by atoms with van der Waals surface area (Å²) in [6.45, 7) is 0. The van der Waals surface area contributed by atoms with Gasteiger partial charge in [-0.1, -0.05) is 18.2 Å². The third-order valence-electron chi connectivity index (χ3n) is 4.12. The van der Waals surface area contributed by atoms with Crippen LogP contribution in [-0.4, -0.2) is 28.6 Å². The van der Waals surface area contributed by atoms with Gasteiger partial charge in [0.2, 0.25) is 0 Å². The molecule has 0 saturated heterocycles. The lowest BCUT2D eigenvalue weighted by atomic mass is 10.1. The first-order chi connectivity index (χ1) is 12.6. The van der Waals surface area contributed by atoms with E-state index in [2.05, 4.69) is 10.4 Å². The molecule has 7 nitrogen and oxygen atoms in total. The standard InChI is InChI=1S/C19H15N3O4/c1-22-10-11(9-20-22)18(23)19(24)21-14-8-16-13(7-17(14)25-2)12-5-3-4-6-15(12)26-16/h3-10H,1-2H3,(H,21,24). The number of aromatic nitrogens is 2. The molecule has 0 fully saturated rings. The van der Waals surface area contributed by atoms with Gasteiger partial charge in [-0.15, -0.1) is 0 Å². The number of Topliss-reactive ketones (excluding diaryl/α,β-unsaturated/α-hetero) is 1. The highest BCUT2D eigenvalue weighted by atomic mass is 16.5. The van der Waals surface area contributed by atoms with Crippen molar-refractivity contribution in [1.29, 1.82) is 0 Å². The number of fused-ring (bicyclic) bond motifs is 3. The molecule has 130 valence electrons. The van der Waals surface area contributed by atoms with Crippen LogP contribution >= 0.6 is 0 Å². The van der Waals surface area contributed by atoms with Crippen LogP contribution in [0.15, 0.2) is 53.2 Å². The Morgan fingerprint density at radius 2 is 1.96 bits per heavy atom. The molecular formula is C19H15N3O4. The lowest BCUT2D eigenvalue weighted by Crippen LogP contribution is -2.22. The van der Waals surface area contributed by atoms with Gasteiger partial charge < -0.3 is 14.5 Å². The number of furan rings is 1. The predicted octanol–water partition coefficient (Wildman–Crippen LogP) is 3.15. The first-order valence-corrected chi connectivity index (χ1v) is 7.90. The van der Waals surface area contributed by atoms with E-state index in [1.54, 1.807) is 19.2 Å². The first-order valence-electron chi connectivity index (χ1n) is 7.90. The molecule has 0 atom stereocenters. The van der Waals surface area contributed by atoms with Crippen LogP contribution < -0.4 is 10.1 Å². The van der Waals surface area contributed by atoms with Crippen LogP contribution in [-0.2, 0) is 11.8 Å². The van der Waals surface area contributed by atoms with Crippen LogP contribution in [0.4, 0.5) is 5.69 Å². The van der Waals surface area contributed by atoms with E-state index in [1.165, 1.54) is 24.2 Å². The molecule has 0 spiro atoms. The Morgan fingerprint density at radius 3 is 2.69 bits per heavy atom. The van der Waals surface area contributed by atoms with Crippen molar-refractivity contribution >= 4 is 39.3 Å². The number of anilines is 1. The zero-order valence-corrected chi connectivity index (χ0v) is 14.1. The molecule has 0 unspecified atom stereocenters. The Bertz CT molecular complexity index is 1160. The van der Waals surface area contributed by atoms with E-state index in [0.717, 1.165) is 16.4 Å². The summed E-state index contributed by atoms with van der Waals surface area (Å²) in [7, 11) is 3.18. The van der Waals surface area contributed by atoms with Crippen molar-refractivity contribution in [3.63, 3.8) is 0 Å². The maximum Gasteiger partial charge on any atom is 0.296 e. The summed E-state index contributed by atoms with van der Waals surface area (Å²) in [5.74, 6) is -1.01. The highest BCUT2D eigenvalue weighted by molar-refractivity contribution is 6.46. The Balaban J connectivity index is 1.72. The average Bonchev–Trinajstić information content (AvgIpc) is 3.23. The monoisotopic (exact) mass is 349 g/mol. The molecule has 0 aliphatic carbocycles. The number of methoxy groups -OCH3 is 1. The number of aryl methyl sites for hydroxylation is 1. The molecule has 26 heavy (non-hydrogen) atoms. The second-order valence-corrected chi connectivity index (χ2v) is 5.83.